The van der Waals surface area contributed by atoms with Crippen molar-refractivity contribution in [3.8, 4) is 0 Å². The van der Waals surface area contributed by atoms with E-state index in [1.807, 2.05) is 42.5 Å². The van der Waals surface area contributed by atoms with E-state index in [4.69, 9.17) is 4.98 Å². The molecule has 1 unspecified atom stereocenters. The molecule has 116 valence electrons. The molecule has 0 bridgehead atoms. The van der Waals surface area contributed by atoms with Crippen LogP contribution in [0.5, 0.6) is 0 Å². The standard InChI is InChI=1S/C19H19N3O/c1-13(2)18-20-16-11-7-6-10-15(16)19(23)22(18)21-12-17(21)14-8-4-3-5-9-14/h3-11,13,17H,12H2,1-2H3. The van der Waals surface area contributed by atoms with Crippen LogP contribution in [-0.2, 0) is 0 Å². The molecule has 0 aliphatic carbocycles. The summed E-state index contributed by atoms with van der Waals surface area (Å²) in [6, 6.07) is 18.1. The first kappa shape index (κ1) is 14.0. The molecule has 1 saturated heterocycles. The third-order valence-electron chi connectivity index (χ3n) is 4.32. The minimum atomic E-state index is 0.0257. The fourth-order valence-electron chi connectivity index (χ4n) is 3.07. The van der Waals surface area contributed by atoms with Gasteiger partial charge in [0.2, 0.25) is 0 Å². The summed E-state index contributed by atoms with van der Waals surface area (Å²) in [5.41, 5.74) is 2.04. The highest BCUT2D eigenvalue weighted by Crippen LogP contribution is 2.33. The number of nitrogens with zero attached hydrogens (tertiary/aromatic N) is 3. The Kier molecular flexibility index (Phi) is 3.18. The number of para-hydroxylation sites is 1. The molecule has 0 radical (unpaired) electrons. The Labute approximate surface area is 135 Å². The van der Waals surface area contributed by atoms with Crippen LogP contribution in [0.1, 0.15) is 37.2 Å². The average Bonchev–Trinajstić information content (AvgIpc) is 3.36. The molecule has 4 heteroatoms. The van der Waals surface area contributed by atoms with Gasteiger partial charge in [0, 0.05) is 5.92 Å². The molecule has 23 heavy (non-hydrogen) atoms. The molecule has 1 aliphatic heterocycles. The molecule has 4 nitrogen and oxygen atoms in total. The minimum Gasteiger partial charge on any atom is -0.297 e. The van der Waals surface area contributed by atoms with Gasteiger partial charge in [0.05, 0.1) is 23.5 Å². The molecule has 1 aliphatic rings. The first-order valence-corrected chi connectivity index (χ1v) is 8.00. The summed E-state index contributed by atoms with van der Waals surface area (Å²) in [6.45, 7) is 5.01. The van der Waals surface area contributed by atoms with Gasteiger partial charge in [-0.05, 0) is 17.7 Å². The molecule has 1 atom stereocenters. The van der Waals surface area contributed by atoms with Crippen LogP contribution in [0.2, 0.25) is 0 Å². The number of benzene rings is 2. The Morgan fingerprint density at radius 2 is 1.74 bits per heavy atom. The molecule has 1 fully saturated rings. The van der Waals surface area contributed by atoms with Crippen LogP contribution in [-0.4, -0.2) is 16.2 Å². The van der Waals surface area contributed by atoms with Gasteiger partial charge < -0.3 is 0 Å². The molecular formula is C19H19N3O. The SMILES string of the molecule is CC(C)c1nc2ccccc2c(=O)n1N1CC1c1ccccc1. The largest absolute Gasteiger partial charge is 0.297 e. The van der Waals surface area contributed by atoms with Gasteiger partial charge in [0.15, 0.2) is 0 Å². The molecule has 0 spiro atoms. The predicted octanol–water partition coefficient (Wildman–Crippen LogP) is 3.21. The van der Waals surface area contributed by atoms with Gasteiger partial charge in [0.25, 0.3) is 5.56 Å². The maximum atomic E-state index is 13.0. The highest BCUT2D eigenvalue weighted by molar-refractivity contribution is 5.77. The number of rotatable bonds is 3. The molecule has 2 aromatic carbocycles. The molecule has 2 heterocycles. The zero-order chi connectivity index (χ0) is 16.0. The van der Waals surface area contributed by atoms with Gasteiger partial charge in [-0.15, -0.1) is 0 Å². The minimum absolute atomic E-state index is 0.0257. The summed E-state index contributed by atoms with van der Waals surface area (Å²) in [7, 11) is 0. The zero-order valence-corrected chi connectivity index (χ0v) is 13.3. The number of aromatic nitrogens is 2. The van der Waals surface area contributed by atoms with Gasteiger partial charge in [-0.1, -0.05) is 56.3 Å². The summed E-state index contributed by atoms with van der Waals surface area (Å²) in [4.78, 5) is 17.7. The van der Waals surface area contributed by atoms with Crippen LogP contribution in [0.3, 0.4) is 0 Å². The van der Waals surface area contributed by atoms with E-state index in [9.17, 15) is 4.79 Å². The number of fused-ring (bicyclic) bond motifs is 1. The van der Waals surface area contributed by atoms with Gasteiger partial charge in [-0.25, -0.2) is 9.66 Å². The van der Waals surface area contributed by atoms with Crippen molar-refractivity contribution < 1.29 is 0 Å². The van der Waals surface area contributed by atoms with Crippen molar-refractivity contribution in [2.24, 2.45) is 0 Å². The highest BCUT2D eigenvalue weighted by atomic mass is 16.1. The van der Waals surface area contributed by atoms with E-state index in [1.54, 1.807) is 4.68 Å². The van der Waals surface area contributed by atoms with E-state index in [2.05, 4.69) is 31.0 Å². The highest BCUT2D eigenvalue weighted by Gasteiger charge is 2.38. The smallest absolute Gasteiger partial charge is 0.280 e. The van der Waals surface area contributed by atoms with E-state index in [0.29, 0.717) is 5.39 Å². The van der Waals surface area contributed by atoms with Gasteiger partial charge in [-0.2, -0.15) is 0 Å². The van der Waals surface area contributed by atoms with E-state index in [1.165, 1.54) is 5.56 Å². The quantitative estimate of drug-likeness (QED) is 0.697. The topological polar surface area (TPSA) is 37.9 Å². The zero-order valence-electron chi connectivity index (χ0n) is 13.3. The van der Waals surface area contributed by atoms with Crippen molar-refractivity contribution in [2.75, 3.05) is 11.6 Å². The average molecular weight is 305 g/mol. The summed E-state index contributed by atoms with van der Waals surface area (Å²) in [5, 5.41) is 2.78. The third kappa shape index (κ3) is 2.31. The van der Waals surface area contributed by atoms with E-state index >= 15 is 0 Å². The fourth-order valence-corrected chi connectivity index (χ4v) is 3.07. The summed E-state index contributed by atoms with van der Waals surface area (Å²) in [6.07, 6.45) is 0. The Bertz CT molecular complexity index is 915. The second kappa shape index (κ2) is 5.23. The van der Waals surface area contributed by atoms with Gasteiger partial charge in [0.1, 0.15) is 5.82 Å². The Morgan fingerprint density at radius 3 is 2.48 bits per heavy atom. The lowest BCUT2D eigenvalue weighted by Gasteiger charge is -2.18. The molecule has 3 aromatic rings. The maximum absolute atomic E-state index is 13.0. The summed E-state index contributed by atoms with van der Waals surface area (Å²) >= 11 is 0. The van der Waals surface area contributed by atoms with E-state index < -0.39 is 0 Å². The van der Waals surface area contributed by atoms with Crippen molar-refractivity contribution >= 4 is 10.9 Å². The lowest BCUT2D eigenvalue weighted by molar-refractivity contribution is 0.638. The predicted molar refractivity (Wildman–Crippen MR) is 92.4 cm³/mol. The van der Waals surface area contributed by atoms with Crippen LogP contribution in [0.4, 0.5) is 0 Å². The lowest BCUT2D eigenvalue weighted by Crippen LogP contribution is -2.33. The van der Waals surface area contributed by atoms with Crippen LogP contribution in [0.15, 0.2) is 59.4 Å². The van der Waals surface area contributed by atoms with Crippen LogP contribution in [0.25, 0.3) is 10.9 Å². The van der Waals surface area contributed by atoms with Crippen molar-refractivity contribution in [1.82, 2.24) is 9.66 Å². The van der Waals surface area contributed by atoms with Crippen LogP contribution < -0.4 is 10.6 Å². The molecular weight excluding hydrogens is 286 g/mol. The summed E-state index contributed by atoms with van der Waals surface area (Å²) < 4.78 is 1.78. The van der Waals surface area contributed by atoms with Crippen molar-refractivity contribution in [3.05, 3.63) is 76.3 Å². The molecule has 0 saturated carbocycles. The van der Waals surface area contributed by atoms with Crippen LogP contribution >= 0.6 is 0 Å². The van der Waals surface area contributed by atoms with Gasteiger partial charge >= 0.3 is 0 Å². The van der Waals surface area contributed by atoms with E-state index in [0.717, 1.165) is 17.9 Å². The Balaban J connectivity index is 1.85. The van der Waals surface area contributed by atoms with Gasteiger partial charge in [-0.3, -0.25) is 9.80 Å². The van der Waals surface area contributed by atoms with Crippen LogP contribution in [0, 0.1) is 0 Å². The second-order valence-corrected chi connectivity index (χ2v) is 6.31. The second-order valence-electron chi connectivity index (χ2n) is 6.31. The Hall–Kier alpha value is -2.62. The monoisotopic (exact) mass is 305 g/mol. The van der Waals surface area contributed by atoms with Crippen molar-refractivity contribution in [2.45, 2.75) is 25.8 Å². The normalized spacial score (nSPS) is 17.0. The molecule has 0 N–H and O–H groups in total. The first-order chi connectivity index (χ1) is 11.2. The number of hydrogen-bond donors (Lipinski definition) is 0. The fraction of sp³-hybridized carbons (Fsp3) is 0.263. The Morgan fingerprint density at radius 1 is 1.04 bits per heavy atom. The molecule has 0 amide bonds. The molecule has 1 aromatic heterocycles. The van der Waals surface area contributed by atoms with Crippen molar-refractivity contribution in [1.29, 1.82) is 0 Å². The molecule has 4 rings (SSSR count). The number of hydrogen-bond acceptors (Lipinski definition) is 3. The van der Waals surface area contributed by atoms with E-state index in [-0.39, 0.29) is 17.5 Å². The summed E-state index contributed by atoms with van der Waals surface area (Å²) in [5.74, 6) is 1.01. The van der Waals surface area contributed by atoms with Crippen molar-refractivity contribution in [3.63, 3.8) is 0 Å². The maximum Gasteiger partial charge on any atom is 0.280 e. The lowest BCUT2D eigenvalue weighted by atomic mass is 10.1. The third-order valence-corrected chi connectivity index (χ3v) is 4.32. The first-order valence-electron chi connectivity index (χ1n) is 8.00.